The number of methoxy groups -OCH3 is 1. The van der Waals surface area contributed by atoms with Crippen LogP contribution in [-0.2, 0) is 0 Å². The number of rotatable bonds is 5. The van der Waals surface area contributed by atoms with Crippen LogP contribution in [0.5, 0.6) is 5.75 Å². The maximum atomic E-state index is 12.7. The smallest absolute Gasteiger partial charge is 0.274 e. The summed E-state index contributed by atoms with van der Waals surface area (Å²) < 4.78 is 5.37. The number of nitrogens with one attached hydrogen (secondary N) is 2. The van der Waals surface area contributed by atoms with E-state index in [0.717, 1.165) is 16.8 Å². The summed E-state index contributed by atoms with van der Waals surface area (Å²) in [6.07, 6.45) is 0. The quantitative estimate of drug-likeness (QED) is 0.630. The molecular formula is C21H21ClN4O2. The fraction of sp³-hybridized carbons (Fsp3) is 0.190. The number of hydrogen-bond donors (Lipinski definition) is 2. The number of aromatic nitrogens is 2. The molecule has 0 atom stereocenters. The summed E-state index contributed by atoms with van der Waals surface area (Å²) in [5.41, 5.74) is 4.20. The molecular weight excluding hydrogens is 376 g/mol. The molecule has 0 aliphatic heterocycles. The van der Waals surface area contributed by atoms with Gasteiger partial charge in [-0.2, -0.15) is 0 Å². The molecule has 2 aromatic carbocycles. The van der Waals surface area contributed by atoms with Gasteiger partial charge in [0, 0.05) is 22.5 Å². The highest BCUT2D eigenvalue weighted by molar-refractivity contribution is 6.31. The molecule has 1 amide bonds. The molecule has 0 saturated carbocycles. The van der Waals surface area contributed by atoms with Crippen molar-refractivity contribution in [3.05, 3.63) is 70.0 Å². The molecule has 3 aromatic rings. The maximum absolute atomic E-state index is 12.7. The second-order valence-electron chi connectivity index (χ2n) is 6.41. The zero-order valence-corrected chi connectivity index (χ0v) is 16.9. The average Bonchev–Trinajstić information content (AvgIpc) is 2.66. The zero-order valence-electron chi connectivity index (χ0n) is 16.1. The molecule has 28 heavy (non-hydrogen) atoms. The van der Waals surface area contributed by atoms with E-state index in [1.807, 2.05) is 51.1 Å². The molecule has 1 aromatic heterocycles. The third-order valence-electron chi connectivity index (χ3n) is 4.21. The van der Waals surface area contributed by atoms with Crippen molar-refractivity contribution in [3.8, 4) is 5.75 Å². The van der Waals surface area contributed by atoms with Gasteiger partial charge < -0.3 is 15.4 Å². The number of carbonyl (C=O) groups is 1. The predicted octanol–water partition coefficient (Wildman–Crippen LogP) is 5.06. The number of hydrogen-bond acceptors (Lipinski definition) is 5. The lowest BCUT2D eigenvalue weighted by Gasteiger charge is -2.13. The van der Waals surface area contributed by atoms with Crippen LogP contribution in [0.2, 0.25) is 5.02 Å². The molecule has 0 spiro atoms. The maximum Gasteiger partial charge on any atom is 0.274 e. The Morgan fingerprint density at radius 1 is 1.00 bits per heavy atom. The highest BCUT2D eigenvalue weighted by Crippen LogP contribution is 2.32. The second kappa shape index (κ2) is 8.27. The van der Waals surface area contributed by atoms with Gasteiger partial charge in [-0.15, -0.1) is 0 Å². The van der Waals surface area contributed by atoms with Gasteiger partial charge in [-0.1, -0.05) is 29.8 Å². The first-order valence-corrected chi connectivity index (χ1v) is 9.09. The van der Waals surface area contributed by atoms with Crippen molar-refractivity contribution in [2.24, 2.45) is 0 Å². The van der Waals surface area contributed by atoms with Crippen LogP contribution in [0, 0.1) is 20.8 Å². The van der Waals surface area contributed by atoms with Gasteiger partial charge in [-0.3, -0.25) is 4.79 Å². The van der Waals surface area contributed by atoms with Gasteiger partial charge in [0.2, 0.25) is 5.95 Å². The minimum Gasteiger partial charge on any atom is -0.495 e. The van der Waals surface area contributed by atoms with E-state index in [-0.39, 0.29) is 11.6 Å². The molecule has 0 fully saturated rings. The lowest BCUT2D eigenvalue weighted by atomic mass is 10.2. The molecule has 0 aliphatic carbocycles. The van der Waals surface area contributed by atoms with Gasteiger partial charge in [-0.05, 0) is 50.1 Å². The third-order valence-corrected chi connectivity index (χ3v) is 4.61. The summed E-state index contributed by atoms with van der Waals surface area (Å²) in [6, 6.07) is 12.8. The number of benzene rings is 2. The summed E-state index contributed by atoms with van der Waals surface area (Å²) in [7, 11) is 1.56. The Labute approximate surface area is 168 Å². The first-order chi connectivity index (χ1) is 13.4. The Morgan fingerprint density at radius 2 is 1.75 bits per heavy atom. The predicted molar refractivity (Wildman–Crippen MR) is 112 cm³/mol. The number of nitrogens with zero attached hydrogens (tertiary/aromatic N) is 2. The first kappa shape index (κ1) is 19.6. The van der Waals surface area contributed by atoms with Gasteiger partial charge in [0.1, 0.15) is 11.4 Å². The molecule has 3 rings (SSSR count). The van der Waals surface area contributed by atoms with Crippen molar-refractivity contribution in [2.75, 3.05) is 17.7 Å². The summed E-state index contributed by atoms with van der Waals surface area (Å²) >= 11 is 6.16. The Bertz CT molecular complexity index is 1040. The molecule has 0 aliphatic rings. The molecule has 0 saturated heterocycles. The Hall–Kier alpha value is -3.12. The topological polar surface area (TPSA) is 76.1 Å². The standard InChI is InChI=1S/C21H21ClN4O2/c1-12-7-5-6-8-16(12)24-20(27)18-10-14(3)23-21(26-18)25-17-9-13(2)15(22)11-19(17)28-4/h5-11H,1-4H3,(H,24,27)(H,23,25,26). The molecule has 0 unspecified atom stereocenters. The van der Waals surface area contributed by atoms with Gasteiger partial charge in [0.15, 0.2) is 0 Å². The van der Waals surface area contributed by atoms with Crippen LogP contribution in [0.15, 0.2) is 42.5 Å². The van der Waals surface area contributed by atoms with Crippen LogP contribution in [0.1, 0.15) is 27.3 Å². The van der Waals surface area contributed by atoms with Crippen molar-refractivity contribution in [2.45, 2.75) is 20.8 Å². The van der Waals surface area contributed by atoms with E-state index in [1.54, 1.807) is 19.2 Å². The van der Waals surface area contributed by atoms with Crippen molar-refractivity contribution < 1.29 is 9.53 Å². The number of halogens is 1. The number of anilines is 3. The van der Waals surface area contributed by atoms with Gasteiger partial charge >= 0.3 is 0 Å². The van der Waals surface area contributed by atoms with E-state index in [0.29, 0.717) is 28.1 Å². The third kappa shape index (κ3) is 4.40. The van der Waals surface area contributed by atoms with Crippen LogP contribution in [0.3, 0.4) is 0 Å². The second-order valence-corrected chi connectivity index (χ2v) is 6.82. The minimum atomic E-state index is -0.304. The van der Waals surface area contributed by atoms with E-state index in [4.69, 9.17) is 16.3 Å². The van der Waals surface area contributed by atoms with Gasteiger partial charge in [0.05, 0.1) is 12.8 Å². The summed E-state index contributed by atoms with van der Waals surface area (Å²) in [5.74, 6) is 0.559. The Balaban J connectivity index is 1.89. The first-order valence-electron chi connectivity index (χ1n) is 8.71. The Kier molecular flexibility index (Phi) is 5.80. The molecule has 144 valence electrons. The van der Waals surface area contributed by atoms with Gasteiger partial charge in [-0.25, -0.2) is 9.97 Å². The SMILES string of the molecule is COc1cc(Cl)c(C)cc1Nc1nc(C)cc(C(=O)Nc2ccccc2C)n1. The average molecular weight is 397 g/mol. The summed E-state index contributed by atoms with van der Waals surface area (Å²) in [4.78, 5) is 21.4. The van der Waals surface area contributed by atoms with E-state index >= 15 is 0 Å². The molecule has 0 bridgehead atoms. The largest absolute Gasteiger partial charge is 0.495 e. The number of aryl methyl sites for hydroxylation is 3. The van der Waals surface area contributed by atoms with Crippen molar-refractivity contribution in [3.63, 3.8) is 0 Å². The number of amides is 1. The Morgan fingerprint density at radius 3 is 2.46 bits per heavy atom. The number of para-hydroxylation sites is 1. The van der Waals surface area contributed by atoms with Crippen molar-refractivity contribution in [1.82, 2.24) is 9.97 Å². The zero-order chi connectivity index (χ0) is 20.3. The molecule has 0 radical (unpaired) electrons. The van der Waals surface area contributed by atoms with E-state index in [2.05, 4.69) is 20.6 Å². The summed E-state index contributed by atoms with van der Waals surface area (Å²) in [5, 5.41) is 6.60. The molecule has 1 heterocycles. The van der Waals surface area contributed by atoms with Gasteiger partial charge in [0.25, 0.3) is 5.91 Å². The van der Waals surface area contributed by atoms with Crippen molar-refractivity contribution >= 4 is 34.8 Å². The molecule has 7 heteroatoms. The minimum absolute atomic E-state index is 0.267. The van der Waals surface area contributed by atoms with E-state index < -0.39 is 0 Å². The fourth-order valence-corrected chi connectivity index (χ4v) is 2.84. The fourth-order valence-electron chi connectivity index (χ4n) is 2.69. The normalized spacial score (nSPS) is 10.5. The summed E-state index contributed by atoms with van der Waals surface area (Å²) in [6.45, 7) is 5.63. The van der Waals surface area contributed by atoms with Crippen LogP contribution in [0.4, 0.5) is 17.3 Å². The van der Waals surface area contributed by atoms with E-state index in [1.165, 1.54) is 0 Å². The van der Waals surface area contributed by atoms with Crippen LogP contribution in [-0.4, -0.2) is 23.0 Å². The van der Waals surface area contributed by atoms with Crippen LogP contribution < -0.4 is 15.4 Å². The number of ether oxygens (including phenoxy) is 1. The lowest BCUT2D eigenvalue weighted by molar-refractivity contribution is 0.102. The molecule has 6 nitrogen and oxygen atoms in total. The number of carbonyl (C=O) groups excluding carboxylic acids is 1. The monoisotopic (exact) mass is 396 g/mol. The highest BCUT2D eigenvalue weighted by Gasteiger charge is 2.14. The van der Waals surface area contributed by atoms with Crippen molar-refractivity contribution in [1.29, 1.82) is 0 Å². The molecule has 2 N–H and O–H groups in total. The highest BCUT2D eigenvalue weighted by atomic mass is 35.5. The lowest BCUT2D eigenvalue weighted by Crippen LogP contribution is -2.16. The van der Waals surface area contributed by atoms with E-state index in [9.17, 15) is 4.79 Å². The van der Waals surface area contributed by atoms with Crippen LogP contribution >= 0.6 is 11.6 Å². The van der Waals surface area contributed by atoms with Crippen LogP contribution in [0.25, 0.3) is 0 Å².